The molecule has 0 unspecified atom stereocenters. The highest BCUT2D eigenvalue weighted by atomic mass is 16.4. The van der Waals surface area contributed by atoms with Gasteiger partial charge in [0.1, 0.15) is 0 Å². The fraction of sp³-hybridized carbons (Fsp3) is 0.455. The Morgan fingerprint density at radius 1 is 1.27 bits per heavy atom. The molecule has 0 bridgehead atoms. The molecule has 0 amide bonds. The van der Waals surface area contributed by atoms with Crippen molar-refractivity contribution in [3.05, 3.63) is 23.3 Å². The van der Waals surface area contributed by atoms with E-state index in [-0.39, 0.29) is 23.0 Å². The largest absolute Gasteiger partial charge is 0.478 e. The zero-order chi connectivity index (χ0) is 11.6. The molecule has 0 aliphatic heterocycles. The Hall–Kier alpha value is -1.58. The Bertz CT molecular complexity index is 361. The van der Waals surface area contributed by atoms with Crippen LogP contribution in [0.3, 0.4) is 0 Å². The molecule has 0 aromatic carbocycles. The minimum Gasteiger partial charge on any atom is -0.478 e. The van der Waals surface area contributed by atoms with Crippen LogP contribution in [0.4, 0.5) is 0 Å². The maximum atomic E-state index is 10.9. The maximum absolute atomic E-state index is 10.9. The molecule has 2 N–H and O–H groups in total. The van der Waals surface area contributed by atoms with Gasteiger partial charge in [0.25, 0.3) is 0 Å². The third kappa shape index (κ3) is 2.68. The van der Waals surface area contributed by atoms with E-state index in [9.17, 15) is 9.59 Å². The molecule has 0 aromatic rings. The van der Waals surface area contributed by atoms with Crippen LogP contribution in [0.2, 0.25) is 0 Å². The van der Waals surface area contributed by atoms with Crippen LogP contribution >= 0.6 is 0 Å². The topological polar surface area (TPSA) is 74.6 Å². The number of hydrogen-bond acceptors (Lipinski definition) is 2. The molecule has 4 heteroatoms. The SMILES string of the molecule is CC1(C)C=CC(C(=O)O)=C(C(=O)O)CC1. The summed E-state index contributed by atoms with van der Waals surface area (Å²) < 4.78 is 0. The van der Waals surface area contributed by atoms with Gasteiger partial charge in [0, 0.05) is 0 Å². The van der Waals surface area contributed by atoms with Gasteiger partial charge < -0.3 is 10.2 Å². The first-order chi connectivity index (χ1) is 6.83. The van der Waals surface area contributed by atoms with E-state index < -0.39 is 11.9 Å². The molecule has 0 fully saturated rings. The normalized spacial score (nSPS) is 19.9. The van der Waals surface area contributed by atoms with Gasteiger partial charge >= 0.3 is 11.9 Å². The van der Waals surface area contributed by atoms with Crippen molar-refractivity contribution in [1.82, 2.24) is 0 Å². The van der Waals surface area contributed by atoms with Crippen LogP contribution in [-0.2, 0) is 9.59 Å². The van der Waals surface area contributed by atoms with Crippen LogP contribution in [0.25, 0.3) is 0 Å². The van der Waals surface area contributed by atoms with Gasteiger partial charge in [-0.05, 0) is 18.3 Å². The van der Waals surface area contributed by atoms with E-state index >= 15 is 0 Å². The Balaban J connectivity index is 3.16. The second kappa shape index (κ2) is 3.88. The third-order valence-electron chi connectivity index (χ3n) is 2.53. The van der Waals surface area contributed by atoms with E-state index in [4.69, 9.17) is 10.2 Å². The first-order valence-corrected chi connectivity index (χ1v) is 4.72. The Morgan fingerprint density at radius 2 is 1.87 bits per heavy atom. The lowest BCUT2D eigenvalue weighted by Gasteiger charge is -2.17. The quantitative estimate of drug-likeness (QED) is 0.729. The summed E-state index contributed by atoms with van der Waals surface area (Å²) in [5.41, 5.74) is -0.268. The smallest absolute Gasteiger partial charge is 0.336 e. The molecule has 0 saturated heterocycles. The summed E-state index contributed by atoms with van der Waals surface area (Å²) in [7, 11) is 0. The molecule has 1 aliphatic carbocycles. The van der Waals surface area contributed by atoms with E-state index in [1.54, 1.807) is 6.08 Å². The number of carboxylic acids is 2. The molecule has 0 aromatic heterocycles. The zero-order valence-corrected chi connectivity index (χ0v) is 8.78. The van der Waals surface area contributed by atoms with Crippen molar-refractivity contribution in [3.63, 3.8) is 0 Å². The van der Waals surface area contributed by atoms with E-state index in [0.29, 0.717) is 6.42 Å². The Kier molecular flexibility index (Phi) is 2.98. The molecule has 0 radical (unpaired) electrons. The van der Waals surface area contributed by atoms with Crippen LogP contribution in [0.15, 0.2) is 23.3 Å². The average molecular weight is 210 g/mol. The van der Waals surface area contributed by atoms with E-state index in [2.05, 4.69) is 0 Å². The van der Waals surface area contributed by atoms with Gasteiger partial charge in [-0.1, -0.05) is 26.0 Å². The van der Waals surface area contributed by atoms with Crippen molar-refractivity contribution in [3.8, 4) is 0 Å². The van der Waals surface area contributed by atoms with Gasteiger partial charge in [0.15, 0.2) is 0 Å². The van der Waals surface area contributed by atoms with Gasteiger partial charge in [-0.15, -0.1) is 0 Å². The van der Waals surface area contributed by atoms with Crippen molar-refractivity contribution < 1.29 is 19.8 Å². The third-order valence-corrected chi connectivity index (χ3v) is 2.53. The first-order valence-electron chi connectivity index (χ1n) is 4.72. The second-order valence-electron chi connectivity index (χ2n) is 4.32. The van der Waals surface area contributed by atoms with Crippen LogP contribution < -0.4 is 0 Å². The van der Waals surface area contributed by atoms with Crippen LogP contribution in [-0.4, -0.2) is 22.2 Å². The highest BCUT2D eigenvalue weighted by Gasteiger charge is 2.25. The number of carbonyl (C=O) groups is 2. The Morgan fingerprint density at radius 3 is 2.33 bits per heavy atom. The number of aliphatic carboxylic acids is 2. The standard InChI is InChI=1S/C11H14O4/c1-11(2)5-3-7(9(12)13)8(4-6-11)10(14)15/h3,5H,4,6H2,1-2H3,(H,12,13)(H,14,15). The van der Waals surface area contributed by atoms with Gasteiger partial charge in [-0.25, -0.2) is 9.59 Å². The maximum Gasteiger partial charge on any atom is 0.336 e. The number of hydrogen-bond donors (Lipinski definition) is 2. The fourth-order valence-electron chi connectivity index (χ4n) is 1.50. The van der Waals surface area contributed by atoms with E-state index in [1.807, 2.05) is 13.8 Å². The zero-order valence-electron chi connectivity index (χ0n) is 8.78. The molecule has 0 heterocycles. The summed E-state index contributed by atoms with van der Waals surface area (Å²) in [6.07, 6.45) is 4.09. The van der Waals surface area contributed by atoms with E-state index in [0.717, 1.165) is 0 Å². The van der Waals surface area contributed by atoms with Crippen LogP contribution in [0, 0.1) is 5.41 Å². The summed E-state index contributed by atoms with van der Waals surface area (Å²) in [5.74, 6) is -2.32. The first kappa shape index (κ1) is 11.5. The lowest BCUT2D eigenvalue weighted by atomic mass is 9.87. The van der Waals surface area contributed by atoms with Crippen molar-refractivity contribution in [1.29, 1.82) is 0 Å². The molecule has 0 spiro atoms. The monoisotopic (exact) mass is 210 g/mol. The minimum absolute atomic E-state index is 0.00988. The predicted molar refractivity (Wildman–Crippen MR) is 54.5 cm³/mol. The lowest BCUT2D eigenvalue weighted by molar-refractivity contribution is -0.135. The molecular weight excluding hydrogens is 196 g/mol. The molecule has 1 aliphatic rings. The van der Waals surface area contributed by atoms with Crippen LogP contribution in [0.1, 0.15) is 26.7 Å². The molecule has 15 heavy (non-hydrogen) atoms. The summed E-state index contributed by atoms with van der Waals surface area (Å²) >= 11 is 0. The van der Waals surface area contributed by atoms with Crippen molar-refractivity contribution in [2.75, 3.05) is 0 Å². The van der Waals surface area contributed by atoms with Crippen molar-refractivity contribution >= 4 is 11.9 Å². The van der Waals surface area contributed by atoms with Gasteiger partial charge in [-0.2, -0.15) is 0 Å². The fourth-order valence-corrected chi connectivity index (χ4v) is 1.50. The summed E-state index contributed by atoms with van der Waals surface area (Å²) in [6, 6.07) is 0. The van der Waals surface area contributed by atoms with Crippen molar-refractivity contribution in [2.24, 2.45) is 5.41 Å². The molecule has 82 valence electrons. The van der Waals surface area contributed by atoms with E-state index in [1.165, 1.54) is 6.08 Å². The summed E-state index contributed by atoms with van der Waals surface area (Å²) in [5, 5.41) is 17.8. The highest BCUT2D eigenvalue weighted by molar-refractivity contribution is 6.01. The van der Waals surface area contributed by atoms with Crippen molar-refractivity contribution in [2.45, 2.75) is 26.7 Å². The highest BCUT2D eigenvalue weighted by Crippen LogP contribution is 2.31. The molecule has 4 nitrogen and oxygen atoms in total. The minimum atomic E-state index is -1.18. The number of carboxylic acid groups (broad SMARTS) is 2. The van der Waals surface area contributed by atoms with Gasteiger partial charge in [0.05, 0.1) is 11.1 Å². The Labute approximate surface area is 87.9 Å². The summed E-state index contributed by atoms with van der Waals surface area (Å²) in [4.78, 5) is 21.7. The summed E-state index contributed by atoms with van der Waals surface area (Å²) in [6.45, 7) is 3.90. The number of rotatable bonds is 2. The second-order valence-corrected chi connectivity index (χ2v) is 4.32. The van der Waals surface area contributed by atoms with Gasteiger partial charge in [-0.3, -0.25) is 0 Å². The lowest BCUT2D eigenvalue weighted by Crippen LogP contribution is -2.10. The molecule has 0 saturated carbocycles. The predicted octanol–water partition coefficient (Wildman–Crippen LogP) is 1.83. The molecular formula is C11H14O4. The molecule has 1 rings (SSSR count). The molecule has 0 atom stereocenters. The van der Waals surface area contributed by atoms with Gasteiger partial charge in [0.2, 0.25) is 0 Å². The van der Waals surface area contributed by atoms with Crippen LogP contribution in [0.5, 0.6) is 0 Å². The average Bonchev–Trinajstić information content (AvgIpc) is 2.23. The number of allylic oxidation sites excluding steroid dienone is 1.